The van der Waals surface area contributed by atoms with Crippen LogP contribution in [0.3, 0.4) is 0 Å². The van der Waals surface area contributed by atoms with Crippen molar-refractivity contribution in [2.75, 3.05) is 40.5 Å². The van der Waals surface area contributed by atoms with Crippen LogP contribution < -0.4 is 31.2 Å². The maximum Gasteiger partial charge on any atom is 0.407 e. The van der Waals surface area contributed by atoms with E-state index in [-0.39, 0.29) is 44.2 Å². The first-order valence-corrected chi connectivity index (χ1v) is 16.7. The maximum atomic E-state index is 12.4. The van der Waals surface area contributed by atoms with Crippen molar-refractivity contribution in [3.8, 4) is 11.8 Å². The number of hydrogen-bond acceptors (Lipinski definition) is 15. The van der Waals surface area contributed by atoms with E-state index >= 15 is 0 Å². The molecule has 0 aliphatic heterocycles. The summed E-state index contributed by atoms with van der Waals surface area (Å²) in [5, 5.41) is 36.2. The molecule has 3 amide bonds. The van der Waals surface area contributed by atoms with Gasteiger partial charge in [-0.3, -0.25) is 9.59 Å². The molecule has 0 saturated heterocycles. The van der Waals surface area contributed by atoms with E-state index in [1.807, 2.05) is 0 Å². The van der Waals surface area contributed by atoms with Gasteiger partial charge in [0, 0.05) is 32.9 Å². The summed E-state index contributed by atoms with van der Waals surface area (Å²) in [6.45, 7) is 12.6. The fraction of sp³-hybridized carbons (Fsp3) is 0.735. The number of aliphatic hydroxyl groups excluding tert-OH is 2. The van der Waals surface area contributed by atoms with E-state index < -0.39 is 47.2 Å². The first kappa shape index (κ1) is 48.0. The largest absolute Gasteiger partial charge is 0.473 e. The molecule has 7 N–H and O–H groups in total. The van der Waals surface area contributed by atoms with Gasteiger partial charge in [-0.25, -0.2) is 4.79 Å². The highest BCUT2D eigenvalue weighted by Crippen LogP contribution is 2.14. The number of amides is 3. The lowest BCUT2D eigenvalue weighted by atomic mass is 10.0. The normalized spacial score (nSPS) is 13.9. The number of rotatable bonds is 21. The second kappa shape index (κ2) is 23.6. The van der Waals surface area contributed by atoms with Crippen molar-refractivity contribution in [3.05, 3.63) is 24.7 Å². The van der Waals surface area contributed by atoms with Crippen LogP contribution in [0.1, 0.15) is 81.6 Å². The molecule has 0 spiro atoms. The Morgan fingerprint density at radius 3 is 1.56 bits per heavy atom. The van der Waals surface area contributed by atoms with Crippen LogP contribution in [0.15, 0.2) is 33.7 Å². The molecule has 2 heterocycles. The van der Waals surface area contributed by atoms with Crippen molar-refractivity contribution in [2.24, 2.45) is 5.73 Å². The van der Waals surface area contributed by atoms with Gasteiger partial charge >= 0.3 is 6.09 Å². The van der Waals surface area contributed by atoms with Crippen molar-refractivity contribution in [1.82, 2.24) is 26.3 Å². The molecule has 0 fully saturated rings. The van der Waals surface area contributed by atoms with Crippen molar-refractivity contribution >= 4 is 17.9 Å². The summed E-state index contributed by atoms with van der Waals surface area (Å²) in [7, 11) is 2.89. The summed E-state index contributed by atoms with van der Waals surface area (Å²) >= 11 is 0. The molecule has 0 aromatic carbocycles. The quantitative estimate of drug-likeness (QED) is 0.100. The predicted molar refractivity (Wildman–Crippen MR) is 191 cm³/mol. The molecular weight excluding hydrogens is 684 g/mol. The Morgan fingerprint density at radius 2 is 1.21 bits per heavy atom. The standard InChI is InChI=1S/C19H33N3O7.C14H25N3O5.CH4/c1-18(2,3)29-17(25)20-10-7-8-13(21-16(24)19(4,5)26-6)14(23)12-27-15-9-11-28-22-15;1-14(2,20-3)13(19)16-10(5-4-7-15)11(18)9-21-12-6-8-22-17-12;/h9,11,13-14,23H,7-8,10,12H2,1-6H3,(H,20,25)(H,21,24);6,8,10-11,18H,4-5,7,9,15H2,1-3H3,(H,16,19);1H4/t13-,14?;10-,11?;/m00./s1. The molecule has 18 nitrogen and oxygen atoms in total. The number of nitrogens with zero attached hydrogens (tertiary/aromatic N) is 2. The van der Waals surface area contributed by atoms with Crippen molar-refractivity contribution in [3.63, 3.8) is 0 Å². The van der Waals surface area contributed by atoms with E-state index in [9.17, 15) is 24.6 Å². The topological polar surface area (TPSA) is 252 Å². The first-order chi connectivity index (χ1) is 23.8. The fourth-order valence-corrected chi connectivity index (χ4v) is 3.88. The zero-order valence-electron chi connectivity index (χ0n) is 31.2. The van der Waals surface area contributed by atoms with E-state index in [0.29, 0.717) is 38.8 Å². The second-order valence-electron chi connectivity index (χ2n) is 13.5. The molecule has 2 aromatic rings. The second-order valence-corrected chi connectivity index (χ2v) is 13.5. The molecule has 300 valence electrons. The Bertz CT molecular complexity index is 1250. The van der Waals surface area contributed by atoms with Crippen molar-refractivity contribution in [2.45, 2.75) is 123 Å². The van der Waals surface area contributed by atoms with Crippen LogP contribution in [-0.4, -0.2) is 120 Å². The van der Waals surface area contributed by atoms with Crippen LogP contribution in [0.25, 0.3) is 0 Å². The molecule has 18 heteroatoms. The number of nitrogens with two attached hydrogens (primary N) is 1. The van der Waals surface area contributed by atoms with Gasteiger partial charge < -0.3 is 64.6 Å². The van der Waals surface area contributed by atoms with Crippen LogP contribution in [0.4, 0.5) is 4.79 Å². The highest BCUT2D eigenvalue weighted by atomic mass is 16.6. The molecule has 0 aliphatic rings. The number of nitrogens with one attached hydrogen (secondary N) is 3. The summed E-state index contributed by atoms with van der Waals surface area (Å²) in [4.78, 5) is 36.3. The molecule has 2 rings (SSSR count). The molecule has 0 bridgehead atoms. The Hall–Kier alpha value is -3.97. The molecule has 0 saturated carbocycles. The Labute approximate surface area is 306 Å². The van der Waals surface area contributed by atoms with Gasteiger partial charge in [-0.15, -0.1) is 0 Å². The number of aliphatic hydroxyl groups is 2. The molecule has 2 aromatic heterocycles. The van der Waals surface area contributed by atoms with Gasteiger partial charge in [-0.2, -0.15) is 0 Å². The zero-order chi connectivity index (χ0) is 38.7. The molecule has 2 unspecified atom stereocenters. The predicted octanol–water partition coefficient (Wildman–Crippen LogP) is 2.33. The fourth-order valence-electron chi connectivity index (χ4n) is 3.88. The van der Waals surface area contributed by atoms with Crippen molar-refractivity contribution in [1.29, 1.82) is 0 Å². The van der Waals surface area contributed by atoms with Crippen LogP contribution in [0, 0.1) is 0 Å². The van der Waals surface area contributed by atoms with Crippen LogP contribution in [-0.2, 0) is 23.8 Å². The lowest BCUT2D eigenvalue weighted by Gasteiger charge is -2.29. The number of hydrogen-bond donors (Lipinski definition) is 6. The van der Waals surface area contributed by atoms with Gasteiger partial charge in [0.05, 0.1) is 12.1 Å². The minimum atomic E-state index is -1.06. The summed E-state index contributed by atoms with van der Waals surface area (Å²) in [6.07, 6.45) is 2.38. The summed E-state index contributed by atoms with van der Waals surface area (Å²) in [6, 6.07) is 1.94. The van der Waals surface area contributed by atoms with E-state index in [1.54, 1.807) is 48.5 Å². The minimum absolute atomic E-state index is 0. The third-order valence-electron chi connectivity index (χ3n) is 7.39. The number of alkyl carbamates (subject to hydrolysis) is 1. The Morgan fingerprint density at radius 1 is 0.788 bits per heavy atom. The minimum Gasteiger partial charge on any atom is -0.473 e. The van der Waals surface area contributed by atoms with Crippen LogP contribution in [0.2, 0.25) is 0 Å². The van der Waals surface area contributed by atoms with E-state index in [0.717, 1.165) is 0 Å². The maximum absolute atomic E-state index is 12.4. The van der Waals surface area contributed by atoms with Crippen molar-refractivity contribution < 1.29 is 57.3 Å². The molecular formula is C34H62N6O12. The summed E-state index contributed by atoms with van der Waals surface area (Å²) < 4.78 is 35.4. The molecule has 52 heavy (non-hydrogen) atoms. The number of carbonyl (C=O) groups excluding carboxylic acids is 3. The summed E-state index contributed by atoms with van der Waals surface area (Å²) in [5.41, 5.74) is 2.88. The van der Waals surface area contributed by atoms with Gasteiger partial charge in [-0.1, -0.05) is 7.43 Å². The SMILES string of the molecule is C.COC(C)(C)C(=O)N[C@@H](CCCN)C(O)COc1ccon1.COC(C)(C)C(=O)N[C@@H](CCCNC(=O)OC(C)(C)C)C(O)COc1ccon1. The van der Waals surface area contributed by atoms with Crippen LogP contribution >= 0.6 is 0 Å². The summed E-state index contributed by atoms with van der Waals surface area (Å²) in [5.74, 6) is -0.166. The number of carbonyl (C=O) groups is 3. The van der Waals surface area contributed by atoms with E-state index in [4.69, 9.17) is 29.4 Å². The lowest BCUT2D eigenvalue weighted by Crippen LogP contribution is -2.53. The van der Waals surface area contributed by atoms with Gasteiger partial charge in [0.1, 0.15) is 54.8 Å². The highest BCUT2D eigenvalue weighted by Gasteiger charge is 2.32. The van der Waals surface area contributed by atoms with Gasteiger partial charge in [0.25, 0.3) is 23.6 Å². The number of ether oxygens (including phenoxy) is 5. The van der Waals surface area contributed by atoms with E-state index in [2.05, 4.69) is 35.3 Å². The van der Waals surface area contributed by atoms with Crippen LogP contribution in [0.5, 0.6) is 11.8 Å². The smallest absolute Gasteiger partial charge is 0.407 e. The Balaban J connectivity index is 0.00000102. The van der Waals surface area contributed by atoms with Gasteiger partial charge in [0.2, 0.25) is 0 Å². The lowest BCUT2D eigenvalue weighted by molar-refractivity contribution is -0.141. The third-order valence-corrected chi connectivity index (χ3v) is 7.39. The zero-order valence-corrected chi connectivity index (χ0v) is 31.2. The average molecular weight is 747 g/mol. The average Bonchev–Trinajstić information content (AvgIpc) is 3.80. The third kappa shape index (κ3) is 19.0. The monoisotopic (exact) mass is 746 g/mol. The number of aromatic nitrogens is 2. The molecule has 0 aliphatic carbocycles. The highest BCUT2D eigenvalue weighted by molar-refractivity contribution is 5.85. The van der Waals surface area contributed by atoms with Gasteiger partial charge in [0.15, 0.2) is 0 Å². The Kier molecular flexibility index (Phi) is 21.8. The molecule has 4 atom stereocenters. The molecule has 0 radical (unpaired) electrons. The first-order valence-electron chi connectivity index (χ1n) is 16.7. The van der Waals surface area contributed by atoms with Gasteiger partial charge in [-0.05, 0) is 91.0 Å². The number of methoxy groups -OCH3 is 2. The van der Waals surface area contributed by atoms with E-state index in [1.165, 1.54) is 38.9 Å².